The minimum Gasteiger partial charge on any atom is -0.480 e. The summed E-state index contributed by atoms with van der Waals surface area (Å²) in [6.07, 6.45) is 0. The zero-order valence-electron chi connectivity index (χ0n) is 10.7. The molecule has 1 atom stereocenters. The van der Waals surface area contributed by atoms with Crippen molar-refractivity contribution in [2.45, 2.75) is 32.2 Å². The van der Waals surface area contributed by atoms with Gasteiger partial charge in [0.2, 0.25) is 0 Å². The van der Waals surface area contributed by atoms with E-state index in [9.17, 15) is 4.79 Å². The van der Waals surface area contributed by atoms with Crippen molar-refractivity contribution in [2.24, 2.45) is 5.73 Å². The van der Waals surface area contributed by atoms with Gasteiger partial charge in [0, 0.05) is 5.41 Å². The van der Waals surface area contributed by atoms with Crippen molar-refractivity contribution in [3.05, 3.63) is 29.6 Å². The van der Waals surface area contributed by atoms with Crippen LogP contribution < -0.4 is 5.73 Å². The number of aromatic amines is 1. The van der Waals surface area contributed by atoms with E-state index in [1.807, 2.05) is 0 Å². The fraction of sp³-hybridized carbons (Fsp3) is 0.385. The number of imidazole rings is 1. The molecule has 96 valence electrons. The molecule has 0 aliphatic heterocycles. The van der Waals surface area contributed by atoms with E-state index >= 15 is 0 Å². The van der Waals surface area contributed by atoms with Gasteiger partial charge in [0.15, 0.2) is 0 Å². The Morgan fingerprint density at radius 3 is 2.67 bits per heavy atom. The van der Waals surface area contributed by atoms with Gasteiger partial charge in [-0.3, -0.25) is 4.79 Å². The first kappa shape index (κ1) is 12.6. The number of carboxylic acid groups (broad SMARTS) is 1. The molecule has 0 aliphatic rings. The van der Waals surface area contributed by atoms with E-state index in [0.29, 0.717) is 5.56 Å². The zero-order chi connectivity index (χ0) is 13.5. The van der Waals surface area contributed by atoms with Crippen LogP contribution >= 0.6 is 0 Å². The van der Waals surface area contributed by atoms with Gasteiger partial charge in [0.25, 0.3) is 0 Å². The van der Waals surface area contributed by atoms with E-state index in [0.717, 1.165) is 16.9 Å². The van der Waals surface area contributed by atoms with Crippen LogP contribution in [-0.2, 0) is 10.2 Å². The van der Waals surface area contributed by atoms with Crippen LogP contribution in [0.3, 0.4) is 0 Å². The fourth-order valence-electron chi connectivity index (χ4n) is 1.72. The van der Waals surface area contributed by atoms with Crippen molar-refractivity contribution in [3.63, 3.8) is 0 Å². The smallest absolute Gasteiger partial charge is 0.325 e. The number of fused-ring (bicyclic) bond motifs is 1. The van der Waals surface area contributed by atoms with Gasteiger partial charge in [-0.05, 0) is 17.7 Å². The van der Waals surface area contributed by atoms with Crippen LogP contribution in [0.2, 0.25) is 0 Å². The highest BCUT2D eigenvalue weighted by Gasteiger charge is 2.19. The van der Waals surface area contributed by atoms with E-state index in [1.54, 1.807) is 18.2 Å². The van der Waals surface area contributed by atoms with Gasteiger partial charge in [-0.1, -0.05) is 26.8 Å². The summed E-state index contributed by atoms with van der Waals surface area (Å²) in [5, 5.41) is 8.89. The van der Waals surface area contributed by atoms with Crippen LogP contribution in [-0.4, -0.2) is 21.0 Å². The summed E-state index contributed by atoms with van der Waals surface area (Å²) >= 11 is 0. The van der Waals surface area contributed by atoms with E-state index in [2.05, 4.69) is 30.7 Å². The molecule has 0 aliphatic carbocycles. The summed E-state index contributed by atoms with van der Waals surface area (Å²) in [5.41, 5.74) is 7.72. The Bertz CT molecular complexity index is 596. The second-order valence-electron chi connectivity index (χ2n) is 5.43. The van der Waals surface area contributed by atoms with Crippen molar-refractivity contribution in [1.29, 1.82) is 0 Å². The van der Waals surface area contributed by atoms with Gasteiger partial charge in [0.05, 0.1) is 11.0 Å². The first-order valence-corrected chi connectivity index (χ1v) is 5.77. The van der Waals surface area contributed by atoms with E-state index in [-0.39, 0.29) is 5.41 Å². The predicted molar refractivity (Wildman–Crippen MR) is 69.4 cm³/mol. The molecule has 1 unspecified atom stereocenters. The number of carbonyl (C=O) groups is 1. The Morgan fingerprint density at radius 1 is 1.44 bits per heavy atom. The van der Waals surface area contributed by atoms with Crippen molar-refractivity contribution < 1.29 is 9.90 Å². The molecule has 0 saturated heterocycles. The first-order chi connectivity index (χ1) is 8.29. The molecule has 0 amide bonds. The minimum absolute atomic E-state index is 0.0753. The van der Waals surface area contributed by atoms with Gasteiger partial charge in [-0.25, -0.2) is 4.98 Å². The molecule has 2 aromatic rings. The maximum absolute atomic E-state index is 10.8. The maximum atomic E-state index is 10.8. The fourth-order valence-corrected chi connectivity index (χ4v) is 1.72. The number of hydrogen-bond acceptors (Lipinski definition) is 3. The van der Waals surface area contributed by atoms with Gasteiger partial charge in [-0.15, -0.1) is 0 Å². The molecule has 0 fully saturated rings. The zero-order valence-corrected chi connectivity index (χ0v) is 10.7. The van der Waals surface area contributed by atoms with Crippen molar-refractivity contribution >= 4 is 17.0 Å². The summed E-state index contributed by atoms with van der Waals surface area (Å²) in [5.74, 6) is -0.163. The third-order valence-corrected chi connectivity index (χ3v) is 2.84. The molecule has 5 nitrogen and oxygen atoms in total. The number of nitrogens with zero attached hydrogens (tertiary/aromatic N) is 1. The number of carboxylic acids is 1. The van der Waals surface area contributed by atoms with Crippen LogP contribution in [0.5, 0.6) is 0 Å². The molecule has 1 aromatic heterocycles. The number of aliphatic carboxylic acids is 1. The number of aromatic nitrogens is 2. The van der Waals surface area contributed by atoms with Gasteiger partial charge in [-0.2, -0.15) is 0 Å². The molecule has 0 bridgehead atoms. The summed E-state index contributed by atoms with van der Waals surface area (Å²) in [7, 11) is 0. The van der Waals surface area contributed by atoms with E-state index in [4.69, 9.17) is 10.8 Å². The molecule has 0 radical (unpaired) electrons. The maximum Gasteiger partial charge on any atom is 0.325 e. The second-order valence-corrected chi connectivity index (χ2v) is 5.43. The predicted octanol–water partition coefficient (Wildman–Crippen LogP) is 1.94. The third kappa shape index (κ3) is 2.22. The largest absolute Gasteiger partial charge is 0.480 e. The molecule has 1 aromatic carbocycles. The molecular formula is C13H17N3O2. The Labute approximate surface area is 105 Å². The lowest BCUT2D eigenvalue weighted by molar-refractivity contribution is -0.138. The van der Waals surface area contributed by atoms with Crippen LogP contribution in [0.15, 0.2) is 18.2 Å². The molecular weight excluding hydrogens is 230 g/mol. The topological polar surface area (TPSA) is 92.0 Å². The Morgan fingerprint density at radius 2 is 2.11 bits per heavy atom. The number of H-pyrrole nitrogens is 1. The third-order valence-electron chi connectivity index (χ3n) is 2.84. The summed E-state index contributed by atoms with van der Waals surface area (Å²) in [6.45, 7) is 6.19. The van der Waals surface area contributed by atoms with Gasteiger partial charge in [0.1, 0.15) is 11.9 Å². The quantitative estimate of drug-likeness (QED) is 0.756. The molecule has 0 saturated carbocycles. The molecule has 0 spiro atoms. The Hall–Kier alpha value is -1.88. The monoisotopic (exact) mass is 247 g/mol. The summed E-state index contributed by atoms with van der Waals surface area (Å²) < 4.78 is 0. The van der Waals surface area contributed by atoms with Crippen molar-refractivity contribution in [2.75, 3.05) is 0 Å². The lowest BCUT2D eigenvalue weighted by Crippen LogP contribution is -2.20. The van der Waals surface area contributed by atoms with Crippen molar-refractivity contribution in [3.8, 4) is 0 Å². The molecule has 1 heterocycles. The molecule has 5 heteroatoms. The normalized spacial score (nSPS) is 13.8. The molecule has 18 heavy (non-hydrogen) atoms. The van der Waals surface area contributed by atoms with E-state index < -0.39 is 12.0 Å². The number of hydrogen-bond donors (Lipinski definition) is 3. The van der Waals surface area contributed by atoms with Crippen LogP contribution in [0, 0.1) is 0 Å². The number of nitrogens with one attached hydrogen (secondary N) is 1. The SMILES string of the molecule is CC(C)(C)c1nc2ccc(C(N)C(=O)O)cc2[nH]1. The van der Waals surface area contributed by atoms with Crippen LogP contribution in [0.4, 0.5) is 0 Å². The first-order valence-electron chi connectivity index (χ1n) is 5.77. The lowest BCUT2D eigenvalue weighted by atomic mass is 9.96. The number of rotatable bonds is 2. The highest BCUT2D eigenvalue weighted by atomic mass is 16.4. The standard InChI is InChI=1S/C13H17N3O2/c1-13(2,3)12-15-8-5-4-7(6-9(8)16-12)10(14)11(17)18/h4-6,10H,14H2,1-3H3,(H,15,16)(H,17,18). The average Bonchev–Trinajstić information content (AvgIpc) is 2.69. The highest BCUT2D eigenvalue weighted by Crippen LogP contribution is 2.24. The number of nitrogens with two attached hydrogens (primary N) is 1. The summed E-state index contributed by atoms with van der Waals surface area (Å²) in [4.78, 5) is 18.5. The van der Waals surface area contributed by atoms with Gasteiger partial charge < -0.3 is 15.8 Å². The minimum atomic E-state index is -1.04. The Balaban J connectivity index is 2.49. The average molecular weight is 247 g/mol. The number of benzene rings is 1. The van der Waals surface area contributed by atoms with Crippen molar-refractivity contribution in [1.82, 2.24) is 9.97 Å². The van der Waals surface area contributed by atoms with Crippen LogP contribution in [0.1, 0.15) is 38.2 Å². The summed E-state index contributed by atoms with van der Waals surface area (Å²) in [6, 6.07) is 4.24. The van der Waals surface area contributed by atoms with Gasteiger partial charge >= 0.3 is 5.97 Å². The highest BCUT2D eigenvalue weighted by molar-refractivity contribution is 5.80. The molecule has 2 rings (SSSR count). The molecule has 4 N–H and O–H groups in total. The van der Waals surface area contributed by atoms with E-state index in [1.165, 1.54) is 0 Å². The second kappa shape index (κ2) is 4.10. The lowest BCUT2D eigenvalue weighted by Gasteiger charge is -2.13. The Kier molecular flexibility index (Phi) is 2.86. The van der Waals surface area contributed by atoms with Crippen LogP contribution in [0.25, 0.3) is 11.0 Å².